The van der Waals surface area contributed by atoms with Gasteiger partial charge in [0.25, 0.3) is 0 Å². The number of methoxy groups -OCH3 is 1. The number of benzene rings is 1. The van der Waals surface area contributed by atoms with E-state index in [2.05, 4.69) is 18.9 Å². The second-order valence-corrected chi connectivity index (χ2v) is 20.8. The van der Waals surface area contributed by atoms with Crippen LogP contribution in [0, 0.1) is 23.2 Å². The number of H-pyrrole nitrogens is 1. The Morgan fingerprint density at radius 1 is 0.898 bits per heavy atom. The van der Waals surface area contributed by atoms with Gasteiger partial charge >= 0.3 is 18.0 Å². The van der Waals surface area contributed by atoms with Crippen molar-refractivity contribution in [3.05, 3.63) is 58.0 Å². The Morgan fingerprint density at radius 3 is 2.22 bits per heavy atom. The highest BCUT2D eigenvalue weighted by atomic mass is 16.6. The van der Waals surface area contributed by atoms with Gasteiger partial charge in [0, 0.05) is 49.1 Å². The van der Waals surface area contributed by atoms with E-state index in [9.17, 15) is 19.5 Å². The molecule has 5 aliphatic rings. The molecule has 320 valence electrons. The summed E-state index contributed by atoms with van der Waals surface area (Å²) in [6, 6.07) is 6.97. The Balaban J connectivity index is 1.20. The maximum atomic E-state index is 14.2. The van der Waals surface area contributed by atoms with E-state index < -0.39 is 23.1 Å². The highest BCUT2D eigenvalue weighted by Gasteiger charge is 2.66. The van der Waals surface area contributed by atoms with Crippen LogP contribution in [0.3, 0.4) is 0 Å². The summed E-state index contributed by atoms with van der Waals surface area (Å²) < 4.78 is 23.6. The van der Waals surface area contributed by atoms with Crippen molar-refractivity contribution in [2.75, 3.05) is 38.8 Å². The molecule has 13 heteroatoms. The lowest BCUT2D eigenvalue weighted by molar-refractivity contribution is -0.245. The molecule has 1 aromatic carbocycles. The summed E-state index contributed by atoms with van der Waals surface area (Å²) >= 11 is 0. The Bertz CT molecular complexity index is 2130. The number of nitrogens with zero attached hydrogens (tertiary/aromatic N) is 4. The van der Waals surface area contributed by atoms with Gasteiger partial charge in [-0.3, -0.25) is 5.10 Å². The number of aryl methyl sites for hydroxylation is 1. The van der Waals surface area contributed by atoms with Gasteiger partial charge in [0.2, 0.25) is 0 Å². The number of hydrogen-bond acceptors (Lipinski definition) is 11. The van der Waals surface area contributed by atoms with Gasteiger partial charge in [0.05, 0.1) is 30.6 Å². The number of anilines is 1. The normalized spacial score (nSPS) is 26.1. The van der Waals surface area contributed by atoms with Gasteiger partial charge < -0.3 is 33.9 Å². The average Bonchev–Trinajstić information content (AvgIpc) is 3.46. The lowest BCUT2D eigenvalue weighted by Gasteiger charge is -2.69. The molecule has 13 nitrogen and oxygen atoms in total. The molecule has 8 rings (SSSR count). The minimum absolute atomic E-state index is 0.0880. The first-order valence-corrected chi connectivity index (χ1v) is 21.0. The number of fused-ring (bicyclic) bond motifs is 1. The molecule has 0 spiro atoms. The molecule has 59 heavy (non-hydrogen) atoms. The third-order valence-electron chi connectivity index (χ3n) is 12.6. The van der Waals surface area contributed by atoms with Crippen LogP contribution in [-0.4, -0.2) is 93.9 Å². The Morgan fingerprint density at radius 2 is 1.58 bits per heavy atom. The maximum absolute atomic E-state index is 14.2. The SMILES string of the molecule is COC(=O)c1ccc(O)c2c1CN(c1ccc(-c3c(CC45CC6(C)CC(C)(C4)CC(OCCN(C)C(=O)OC(C)(C)C)(C6)C5)n[nH]c3C)c(C(=O)OC(C)(C)C)n1)CC2. The van der Waals surface area contributed by atoms with E-state index in [-0.39, 0.29) is 39.4 Å². The van der Waals surface area contributed by atoms with E-state index in [1.54, 1.807) is 18.0 Å². The number of phenols is 1. The molecule has 4 fully saturated rings. The molecule has 3 heterocycles. The fraction of sp³-hybridized carbons (Fsp3) is 0.630. The van der Waals surface area contributed by atoms with Gasteiger partial charge in [-0.1, -0.05) is 13.8 Å². The Hall–Kier alpha value is -4.65. The summed E-state index contributed by atoms with van der Waals surface area (Å²) in [5.41, 5.74) is 3.63. The highest BCUT2D eigenvalue weighted by Crippen LogP contribution is 2.72. The Labute approximate surface area is 348 Å². The first kappa shape index (κ1) is 42.5. The average molecular weight is 814 g/mol. The fourth-order valence-corrected chi connectivity index (χ4v) is 11.8. The van der Waals surface area contributed by atoms with Crippen LogP contribution in [0.25, 0.3) is 11.1 Å². The third kappa shape index (κ3) is 8.67. The molecule has 2 unspecified atom stereocenters. The zero-order chi connectivity index (χ0) is 42.9. The van der Waals surface area contributed by atoms with Crippen molar-refractivity contribution in [2.45, 2.75) is 137 Å². The van der Waals surface area contributed by atoms with Crippen LogP contribution in [0.2, 0.25) is 0 Å². The van der Waals surface area contributed by atoms with Gasteiger partial charge in [0.15, 0.2) is 5.69 Å². The summed E-state index contributed by atoms with van der Waals surface area (Å²) in [5.74, 6) is -0.322. The van der Waals surface area contributed by atoms with E-state index >= 15 is 0 Å². The standard InChI is InChI=1S/C46H63N5O8/c1-28-36(31-13-15-35(47-37(31)39(54)58-41(2,3)4)51-17-16-29-32(21-51)30(38(53)56-11)12-14-34(29)52)33(49-48-28)20-45-23-43(8)22-44(9,24-45)26-46(25-43,27-45)57-19-18-50(10)40(55)59-42(5,6)7/h12-15,52H,16-27H2,1-11H3,(H,48,49). The van der Waals surface area contributed by atoms with Crippen molar-refractivity contribution in [3.8, 4) is 16.9 Å². The highest BCUT2D eigenvalue weighted by molar-refractivity contribution is 5.97. The van der Waals surface area contributed by atoms with Gasteiger partial charge in [0.1, 0.15) is 22.8 Å². The topological polar surface area (TPSA) is 156 Å². The number of phenolic OH excluding ortho intramolecular Hbond substituents is 1. The number of amides is 1. The number of carbonyl (C=O) groups is 3. The van der Waals surface area contributed by atoms with Crippen LogP contribution in [-0.2, 0) is 38.3 Å². The predicted octanol–water partition coefficient (Wildman–Crippen LogP) is 8.34. The van der Waals surface area contributed by atoms with Crippen molar-refractivity contribution >= 4 is 23.8 Å². The number of nitrogens with one attached hydrogen (secondary N) is 1. The number of hydrogen-bond donors (Lipinski definition) is 2. The first-order chi connectivity index (χ1) is 27.4. The van der Waals surface area contributed by atoms with E-state index in [4.69, 9.17) is 29.0 Å². The monoisotopic (exact) mass is 813 g/mol. The molecule has 4 aliphatic carbocycles. The van der Waals surface area contributed by atoms with E-state index in [1.165, 1.54) is 13.2 Å². The van der Waals surface area contributed by atoms with Crippen molar-refractivity contribution in [1.29, 1.82) is 0 Å². The second kappa shape index (κ2) is 14.8. The quantitative estimate of drug-likeness (QED) is 0.150. The fourth-order valence-electron chi connectivity index (χ4n) is 11.8. The van der Waals surface area contributed by atoms with Crippen LogP contribution in [0.5, 0.6) is 5.75 Å². The van der Waals surface area contributed by atoms with Gasteiger partial charge in [-0.25, -0.2) is 19.4 Å². The lowest BCUT2D eigenvalue weighted by Crippen LogP contribution is -2.64. The van der Waals surface area contributed by atoms with E-state index in [0.29, 0.717) is 67.2 Å². The van der Waals surface area contributed by atoms with E-state index in [0.717, 1.165) is 55.5 Å². The minimum Gasteiger partial charge on any atom is -0.508 e. The molecule has 2 atom stereocenters. The van der Waals surface area contributed by atoms with Crippen LogP contribution >= 0.6 is 0 Å². The molecule has 4 saturated carbocycles. The molecule has 1 aliphatic heterocycles. The summed E-state index contributed by atoms with van der Waals surface area (Å²) in [6.45, 7) is 19.6. The molecule has 0 saturated heterocycles. The van der Waals surface area contributed by atoms with Crippen molar-refractivity contribution in [1.82, 2.24) is 20.1 Å². The van der Waals surface area contributed by atoms with Crippen molar-refractivity contribution in [2.24, 2.45) is 16.2 Å². The van der Waals surface area contributed by atoms with Crippen LogP contribution in [0.1, 0.15) is 137 Å². The first-order valence-electron chi connectivity index (χ1n) is 21.0. The van der Waals surface area contributed by atoms with E-state index in [1.807, 2.05) is 65.5 Å². The van der Waals surface area contributed by atoms with Crippen molar-refractivity contribution < 1.29 is 38.4 Å². The summed E-state index contributed by atoms with van der Waals surface area (Å²) in [7, 11) is 3.10. The maximum Gasteiger partial charge on any atom is 0.410 e. The van der Waals surface area contributed by atoms with Gasteiger partial charge in [-0.05, 0) is 146 Å². The van der Waals surface area contributed by atoms with Gasteiger partial charge in [-0.15, -0.1) is 0 Å². The number of pyridine rings is 1. The second-order valence-electron chi connectivity index (χ2n) is 20.8. The summed E-state index contributed by atoms with van der Waals surface area (Å²) in [4.78, 5) is 48.3. The van der Waals surface area contributed by atoms with Crippen molar-refractivity contribution in [3.63, 3.8) is 0 Å². The largest absolute Gasteiger partial charge is 0.508 e. The number of esters is 2. The Kier molecular flexibility index (Phi) is 10.7. The summed E-state index contributed by atoms with van der Waals surface area (Å²) in [5, 5.41) is 18.9. The molecule has 2 N–H and O–H groups in total. The summed E-state index contributed by atoms with van der Waals surface area (Å²) in [6.07, 6.45) is 6.94. The number of aromatic amines is 1. The third-order valence-corrected chi connectivity index (χ3v) is 12.6. The smallest absolute Gasteiger partial charge is 0.410 e. The molecule has 3 aromatic rings. The van der Waals surface area contributed by atoms with Gasteiger partial charge in [-0.2, -0.15) is 5.10 Å². The molecular weight excluding hydrogens is 751 g/mol. The number of aromatic nitrogens is 3. The number of likely N-dealkylation sites (N-methyl/N-ethyl adjacent to an activating group) is 1. The zero-order valence-corrected chi connectivity index (χ0v) is 36.9. The van der Waals surface area contributed by atoms with Crippen LogP contribution in [0.15, 0.2) is 24.3 Å². The number of carbonyl (C=O) groups excluding carboxylic acids is 3. The molecular formula is C46H63N5O8. The number of ether oxygens (including phenoxy) is 4. The number of aromatic hydroxyl groups is 1. The van der Waals surface area contributed by atoms with Crippen LogP contribution in [0.4, 0.5) is 10.6 Å². The molecule has 0 radical (unpaired) electrons. The zero-order valence-electron chi connectivity index (χ0n) is 36.9. The molecule has 2 aromatic heterocycles. The molecule has 1 amide bonds. The lowest BCUT2D eigenvalue weighted by atomic mass is 9.38. The number of rotatable bonds is 10. The predicted molar refractivity (Wildman–Crippen MR) is 224 cm³/mol. The van der Waals surface area contributed by atoms with Crippen LogP contribution < -0.4 is 4.90 Å². The minimum atomic E-state index is -0.766. The molecule has 4 bridgehead atoms.